The van der Waals surface area contributed by atoms with Crippen LogP contribution in [0.5, 0.6) is 0 Å². The first kappa shape index (κ1) is 27.2. The first-order chi connectivity index (χ1) is 9.19. The average Bonchev–Trinajstić information content (AvgIpc) is 2.87. The van der Waals surface area contributed by atoms with Crippen molar-refractivity contribution in [2.24, 2.45) is 0 Å². The fourth-order valence-corrected chi connectivity index (χ4v) is 2.13. The largest absolute Gasteiger partial charge is 2.00 e. The van der Waals surface area contributed by atoms with Gasteiger partial charge in [0.1, 0.15) is 0 Å². The Hall–Kier alpha value is 0.372. The molecule has 1 aromatic rings. The number of aromatic nitrogens is 1. The van der Waals surface area contributed by atoms with E-state index in [1.807, 2.05) is 18.5 Å². The summed E-state index contributed by atoms with van der Waals surface area (Å²) in [6.45, 7) is 8.45. The Balaban J connectivity index is -0.000000323. The number of nitrogens with one attached hydrogen (secondary N) is 1. The van der Waals surface area contributed by atoms with E-state index in [-0.39, 0.29) is 67.1 Å². The van der Waals surface area contributed by atoms with E-state index in [1.54, 1.807) is 0 Å². The Morgan fingerprint density at radius 3 is 2.55 bits per heavy atom. The van der Waals surface area contributed by atoms with E-state index >= 15 is 0 Å². The topological polar surface area (TPSA) is 45.2 Å². The third-order valence-corrected chi connectivity index (χ3v) is 3.14. The molecule has 1 N–H and O–H groups in total. The number of rotatable bonds is 3. The van der Waals surface area contributed by atoms with Crippen molar-refractivity contribution in [2.45, 2.75) is 25.3 Å². The summed E-state index contributed by atoms with van der Waals surface area (Å²) in [5, 5.41) is 2.48. The van der Waals surface area contributed by atoms with Crippen molar-refractivity contribution in [3.63, 3.8) is 0 Å². The van der Waals surface area contributed by atoms with Crippen molar-refractivity contribution >= 4 is 5.91 Å². The summed E-state index contributed by atoms with van der Waals surface area (Å²) >= 11 is 0. The molecule has 1 radical (unpaired) electrons. The second-order valence-corrected chi connectivity index (χ2v) is 4.52. The summed E-state index contributed by atoms with van der Waals surface area (Å²) in [5.41, 5.74) is 1.36. The van der Waals surface area contributed by atoms with Crippen LogP contribution in [0.15, 0.2) is 24.5 Å². The summed E-state index contributed by atoms with van der Waals surface area (Å²) < 4.78 is 0. The minimum absolute atomic E-state index is 0. The van der Waals surface area contributed by atoms with Crippen molar-refractivity contribution in [3.05, 3.63) is 51.4 Å². The molecule has 1 saturated heterocycles. The van der Waals surface area contributed by atoms with Gasteiger partial charge >= 0.3 is 21.1 Å². The number of hydrogen-bond acceptors (Lipinski definition) is 3. The van der Waals surface area contributed by atoms with Crippen molar-refractivity contribution in [2.75, 3.05) is 20.1 Å². The van der Waals surface area contributed by atoms with Crippen LogP contribution in [0.2, 0.25) is 0 Å². The minimum Gasteiger partial charge on any atom is -0.388 e. The maximum atomic E-state index is 10.2. The molecule has 0 aromatic carbocycles. The van der Waals surface area contributed by atoms with Crippen molar-refractivity contribution < 1.29 is 58.6 Å². The van der Waals surface area contributed by atoms with Gasteiger partial charge in [0.25, 0.3) is 0 Å². The molecule has 0 spiro atoms. The molecular formula is C16H26N3OWY-. The first-order valence-electron chi connectivity index (χ1n) is 6.64. The number of pyridine rings is 1. The molecule has 1 amide bonds. The Labute approximate surface area is 175 Å². The predicted molar refractivity (Wildman–Crippen MR) is 83.6 cm³/mol. The zero-order valence-electron chi connectivity index (χ0n) is 13.6. The Morgan fingerprint density at radius 1 is 1.50 bits per heavy atom. The van der Waals surface area contributed by atoms with Gasteiger partial charge in [-0.3, -0.25) is 14.7 Å². The molecule has 0 saturated carbocycles. The Morgan fingerprint density at radius 2 is 2.18 bits per heavy atom. The van der Waals surface area contributed by atoms with Crippen LogP contribution in [0.3, 0.4) is 0 Å². The van der Waals surface area contributed by atoms with Crippen LogP contribution in [0.1, 0.15) is 30.9 Å². The molecule has 0 aliphatic carbocycles. The maximum Gasteiger partial charge on any atom is 2.00 e. The molecule has 6 heteroatoms. The van der Waals surface area contributed by atoms with E-state index in [0.29, 0.717) is 19.0 Å². The van der Waals surface area contributed by atoms with Gasteiger partial charge in [-0.05, 0) is 38.1 Å². The molecule has 1 aromatic heterocycles. The zero-order valence-corrected chi connectivity index (χ0v) is 19.4. The van der Waals surface area contributed by atoms with E-state index in [9.17, 15) is 4.79 Å². The molecule has 0 unspecified atom stereocenters. The Bertz CT molecular complexity index is 379. The number of carbonyl (C=O) groups excluding carboxylic acids is 1. The van der Waals surface area contributed by atoms with Crippen molar-refractivity contribution in [1.82, 2.24) is 15.2 Å². The minimum atomic E-state index is -0.0463. The molecule has 1 fully saturated rings. The molecule has 1 aliphatic heterocycles. The van der Waals surface area contributed by atoms with Gasteiger partial charge in [0.05, 0.1) is 0 Å². The van der Waals surface area contributed by atoms with Crippen LogP contribution in [0, 0.1) is 21.3 Å². The normalized spacial score (nSPS) is 16.0. The van der Waals surface area contributed by atoms with Crippen LogP contribution in [0.25, 0.3) is 0 Å². The molecule has 2 heterocycles. The van der Waals surface area contributed by atoms with E-state index < -0.39 is 0 Å². The van der Waals surface area contributed by atoms with Gasteiger partial charge in [0.15, 0.2) is 5.91 Å². The molecule has 22 heavy (non-hydrogen) atoms. The smallest absolute Gasteiger partial charge is 0.388 e. The van der Waals surface area contributed by atoms with Gasteiger partial charge in [-0.2, -0.15) is 0 Å². The third-order valence-electron chi connectivity index (χ3n) is 3.14. The number of hydrogen-bond donors (Lipinski definition) is 1. The molecule has 0 bridgehead atoms. The number of nitrogens with zero attached hydrogens (tertiary/aromatic N) is 2. The molecule has 1 aliphatic rings. The van der Waals surface area contributed by atoms with Crippen LogP contribution in [0.4, 0.5) is 0 Å². The summed E-state index contributed by atoms with van der Waals surface area (Å²) in [7, 11) is 2.19. The summed E-state index contributed by atoms with van der Waals surface area (Å²) in [6.07, 6.45) is 6.71. The zero-order chi connectivity index (χ0) is 14.1. The summed E-state index contributed by atoms with van der Waals surface area (Å²) in [4.78, 5) is 16.7. The van der Waals surface area contributed by atoms with Crippen LogP contribution in [-0.2, 0) is 58.6 Å². The van der Waals surface area contributed by atoms with Crippen molar-refractivity contribution in [3.8, 4) is 0 Å². The van der Waals surface area contributed by atoms with Gasteiger partial charge < -0.3 is 26.6 Å². The van der Waals surface area contributed by atoms with E-state index in [1.165, 1.54) is 24.9 Å². The van der Waals surface area contributed by atoms with Gasteiger partial charge in [-0.25, -0.2) is 0 Å². The third kappa shape index (κ3) is 10.2. The van der Waals surface area contributed by atoms with E-state index in [0.717, 1.165) is 0 Å². The number of carbonyl (C=O) groups is 1. The van der Waals surface area contributed by atoms with Gasteiger partial charge in [0.2, 0.25) is 0 Å². The Kier molecular flexibility index (Phi) is 20.1. The summed E-state index contributed by atoms with van der Waals surface area (Å²) in [5.74, 6) is -0.0463. The standard InChI is InChI=1S/C10H14N2.C5H9NO.CH3.W.Y/c1-12-7-3-5-10(12)9-4-2-6-11-8-9;1-3-5(7)6-4-2;;;/h2,4,6,8,10H,3,5,7H2,1H3;1-4H2,(H,6,7);1H3;;/q;-2;-1;+2;/t10-;;;;/m0..../s1. The number of amides is 1. The SMILES string of the molecule is CN1CCC[C@H]1c1cccnc1.[CH2-]CNC(=O)C[CH2-].[CH3-].[W+2].[Y]. The van der Waals surface area contributed by atoms with Gasteiger partial charge in [0, 0.05) is 51.1 Å². The summed E-state index contributed by atoms with van der Waals surface area (Å²) in [6, 6.07) is 4.79. The molecule has 121 valence electrons. The number of likely N-dealkylation sites (tertiary alicyclic amines) is 1. The average molecular weight is 549 g/mol. The van der Waals surface area contributed by atoms with E-state index in [4.69, 9.17) is 0 Å². The second-order valence-electron chi connectivity index (χ2n) is 4.52. The first-order valence-corrected chi connectivity index (χ1v) is 6.64. The fraction of sp³-hybridized carbons (Fsp3) is 0.438. The van der Waals surface area contributed by atoms with Gasteiger partial charge in [-0.1, -0.05) is 6.07 Å². The van der Waals surface area contributed by atoms with Crippen LogP contribution < -0.4 is 5.32 Å². The molecular weight excluding hydrogens is 523 g/mol. The second kappa shape index (κ2) is 16.2. The molecule has 1 atom stereocenters. The van der Waals surface area contributed by atoms with E-state index in [2.05, 4.69) is 42.2 Å². The predicted octanol–water partition coefficient (Wildman–Crippen LogP) is 2.45. The monoisotopic (exact) mass is 549 g/mol. The van der Waals surface area contributed by atoms with Crippen LogP contribution in [-0.4, -0.2) is 35.9 Å². The molecule has 2 rings (SSSR count). The molecule has 4 nitrogen and oxygen atoms in total. The van der Waals surface area contributed by atoms with Crippen LogP contribution >= 0.6 is 0 Å². The maximum absolute atomic E-state index is 10.2. The van der Waals surface area contributed by atoms with Crippen molar-refractivity contribution in [1.29, 1.82) is 0 Å². The van der Waals surface area contributed by atoms with Gasteiger partial charge in [-0.15, -0.1) is 13.0 Å². The fourth-order valence-electron chi connectivity index (χ4n) is 2.13. The quantitative estimate of drug-likeness (QED) is 0.590.